The molecule has 0 aromatic rings. The van der Waals surface area contributed by atoms with Crippen LogP contribution < -0.4 is 0 Å². The van der Waals surface area contributed by atoms with Crippen LogP contribution >= 0.6 is 0 Å². The zero-order valence-electron chi connectivity index (χ0n) is 8.19. The highest BCUT2D eigenvalue weighted by Crippen LogP contribution is 2.15. The average Bonchev–Trinajstić information content (AvgIpc) is 1.88. The van der Waals surface area contributed by atoms with E-state index in [0.717, 1.165) is 0 Å². The Balaban J connectivity index is 0.000000187. The fourth-order valence-corrected chi connectivity index (χ4v) is 1.06. The van der Waals surface area contributed by atoms with E-state index >= 15 is 0 Å². The van der Waals surface area contributed by atoms with E-state index in [0.29, 0.717) is 0 Å². The van der Waals surface area contributed by atoms with E-state index in [2.05, 4.69) is 0 Å². The van der Waals surface area contributed by atoms with Crippen molar-refractivity contribution in [3.63, 3.8) is 0 Å². The molecule has 1 aliphatic rings. The molecular weight excluding hydrogens is 136 g/mol. The molecule has 0 unspecified atom stereocenters. The minimum atomic E-state index is -0.500. The maximum atomic E-state index is 8.52. The van der Waals surface area contributed by atoms with Gasteiger partial charge in [0.1, 0.15) is 0 Å². The van der Waals surface area contributed by atoms with Gasteiger partial charge in [0.25, 0.3) is 0 Å². The summed E-state index contributed by atoms with van der Waals surface area (Å²) in [5.74, 6) is 0. The molecule has 0 aromatic heterocycles. The van der Waals surface area contributed by atoms with E-state index in [9.17, 15) is 0 Å². The molecule has 11 heavy (non-hydrogen) atoms. The molecule has 1 rings (SSSR count). The van der Waals surface area contributed by atoms with Crippen molar-refractivity contribution < 1.29 is 5.11 Å². The van der Waals surface area contributed by atoms with E-state index in [1.54, 1.807) is 20.8 Å². The van der Waals surface area contributed by atoms with Crippen LogP contribution in [0.3, 0.4) is 0 Å². The highest BCUT2D eigenvalue weighted by Gasteiger charge is 1.98. The molecular formula is C10H22O. The minimum Gasteiger partial charge on any atom is -0.391 e. The molecule has 0 aliphatic heterocycles. The second-order valence-corrected chi connectivity index (χ2v) is 4.29. The summed E-state index contributed by atoms with van der Waals surface area (Å²) in [6.45, 7) is 5.23. The summed E-state index contributed by atoms with van der Waals surface area (Å²) >= 11 is 0. The van der Waals surface area contributed by atoms with Crippen molar-refractivity contribution in [1.29, 1.82) is 0 Å². The smallest absolute Gasteiger partial charge is 0.0563 e. The predicted octanol–water partition coefficient (Wildman–Crippen LogP) is 3.12. The Bertz CT molecular complexity index is 59.9. The third-order valence-electron chi connectivity index (χ3n) is 1.50. The Hall–Kier alpha value is -0.0400. The van der Waals surface area contributed by atoms with Gasteiger partial charge in [0, 0.05) is 0 Å². The largest absolute Gasteiger partial charge is 0.391 e. The predicted molar refractivity (Wildman–Crippen MR) is 49.7 cm³/mol. The van der Waals surface area contributed by atoms with Gasteiger partial charge < -0.3 is 5.11 Å². The number of hydrogen-bond donors (Lipinski definition) is 1. The molecule has 0 bridgehead atoms. The molecule has 0 atom stereocenters. The molecule has 0 amide bonds. The molecule has 1 saturated carbocycles. The van der Waals surface area contributed by atoms with Crippen molar-refractivity contribution >= 4 is 0 Å². The monoisotopic (exact) mass is 158 g/mol. The summed E-state index contributed by atoms with van der Waals surface area (Å²) in [5.41, 5.74) is -0.500. The minimum absolute atomic E-state index is 0.500. The van der Waals surface area contributed by atoms with Crippen molar-refractivity contribution in [2.45, 2.75) is 64.9 Å². The highest BCUT2D eigenvalue weighted by atomic mass is 16.3. The van der Waals surface area contributed by atoms with Gasteiger partial charge in [-0.3, -0.25) is 0 Å². The maximum Gasteiger partial charge on any atom is 0.0563 e. The zero-order chi connectivity index (χ0) is 8.74. The topological polar surface area (TPSA) is 20.2 Å². The van der Waals surface area contributed by atoms with Crippen LogP contribution in [0.5, 0.6) is 0 Å². The molecule has 1 N–H and O–H groups in total. The molecule has 0 aromatic carbocycles. The second kappa shape index (κ2) is 5.59. The van der Waals surface area contributed by atoms with Gasteiger partial charge in [-0.25, -0.2) is 0 Å². The van der Waals surface area contributed by atoms with Crippen molar-refractivity contribution in [1.82, 2.24) is 0 Å². The van der Waals surface area contributed by atoms with Gasteiger partial charge in [0.05, 0.1) is 5.60 Å². The van der Waals surface area contributed by atoms with Crippen LogP contribution in [-0.2, 0) is 0 Å². The SMILES string of the molecule is C1CCCCC1.CC(C)(C)O. The Labute approximate surface area is 70.8 Å². The van der Waals surface area contributed by atoms with Gasteiger partial charge in [-0.05, 0) is 20.8 Å². The normalized spacial score (nSPS) is 18.5. The Morgan fingerprint density at radius 1 is 0.727 bits per heavy atom. The van der Waals surface area contributed by atoms with Crippen LogP contribution in [0.15, 0.2) is 0 Å². The molecule has 0 saturated heterocycles. The van der Waals surface area contributed by atoms with Crippen LogP contribution in [0.25, 0.3) is 0 Å². The Morgan fingerprint density at radius 2 is 0.818 bits per heavy atom. The lowest BCUT2D eigenvalue weighted by molar-refractivity contribution is 0.102. The van der Waals surface area contributed by atoms with E-state index in [1.165, 1.54) is 38.5 Å². The summed E-state index contributed by atoms with van der Waals surface area (Å²) in [6.07, 6.45) is 9.00. The highest BCUT2D eigenvalue weighted by molar-refractivity contribution is 4.51. The second-order valence-electron chi connectivity index (χ2n) is 4.29. The lowest BCUT2D eigenvalue weighted by Gasteiger charge is -2.05. The first-order valence-corrected chi connectivity index (χ1v) is 4.72. The molecule has 1 nitrogen and oxygen atoms in total. The molecule has 0 heterocycles. The number of hydrogen-bond acceptors (Lipinski definition) is 1. The molecule has 1 aliphatic carbocycles. The first kappa shape index (κ1) is 11.0. The number of rotatable bonds is 0. The van der Waals surface area contributed by atoms with Gasteiger partial charge in [-0.1, -0.05) is 38.5 Å². The summed E-state index contributed by atoms with van der Waals surface area (Å²) in [4.78, 5) is 0. The van der Waals surface area contributed by atoms with Crippen molar-refractivity contribution in [3.05, 3.63) is 0 Å². The van der Waals surface area contributed by atoms with Crippen molar-refractivity contribution in [3.8, 4) is 0 Å². The van der Waals surface area contributed by atoms with Crippen molar-refractivity contribution in [2.24, 2.45) is 0 Å². The third kappa shape index (κ3) is 17.8. The molecule has 1 fully saturated rings. The van der Waals surface area contributed by atoms with Crippen LogP contribution in [0, 0.1) is 0 Å². The van der Waals surface area contributed by atoms with Gasteiger partial charge in [-0.2, -0.15) is 0 Å². The lowest BCUT2D eigenvalue weighted by Crippen LogP contribution is -2.10. The standard InChI is InChI=1S/C6H12.C4H10O/c1-2-4-6-5-3-1;1-4(2,3)5/h1-6H2;5H,1-3H3. The van der Waals surface area contributed by atoms with E-state index in [-0.39, 0.29) is 0 Å². The van der Waals surface area contributed by atoms with E-state index in [1.807, 2.05) is 0 Å². The molecule has 68 valence electrons. The fraction of sp³-hybridized carbons (Fsp3) is 1.00. The first-order valence-electron chi connectivity index (χ1n) is 4.72. The summed E-state index contributed by atoms with van der Waals surface area (Å²) in [5, 5.41) is 8.52. The Kier molecular flexibility index (Phi) is 5.57. The third-order valence-corrected chi connectivity index (χ3v) is 1.50. The van der Waals surface area contributed by atoms with Crippen LogP contribution in [0.2, 0.25) is 0 Å². The average molecular weight is 158 g/mol. The quantitative estimate of drug-likeness (QED) is 0.574. The van der Waals surface area contributed by atoms with Crippen molar-refractivity contribution in [2.75, 3.05) is 0 Å². The number of aliphatic hydroxyl groups is 1. The Morgan fingerprint density at radius 3 is 0.909 bits per heavy atom. The summed E-state index contributed by atoms with van der Waals surface area (Å²) < 4.78 is 0. The van der Waals surface area contributed by atoms with Gasteiger partial charge in [0.15, 0.2) is 0 Å². The van der Waals surface area contributed by atoms with Gasteiger partial charge in [-0.15, -0.1) is 0 Å². The summed E-state index contributed by atoms with van der Waals surface area (Å²) in [7, 11) is 0. The van der Waals surface area contributed by atoms with Gasteiger partial charge >= 0.3 is 0 Å². The van der Waals surface area contributed by atoms with Crippen LogP contribution in [-0.4, -0.2) is 10.7 Å². The lowest BCUT2D eigenvalue weighted by atomic mass is 10.0. The first-order chi connectivity index (χ1) is 5.00. The molecule has 0 radical (unpaired) electrons. The fourth-order valence-electron chi connectivity index (χ4n) is 1.06. The van der Waals surface area contributed by atoms with E-state index < -0.39 is 5.60 Å². The van der Waals surface area contributed by atoms with E-state index in [4.69, 9.17) is 5.11 Å². The zero-order valence-corrected chi connectivity index (χ0v) is 8.19. The van der Waals surface area contributed by atoms with Crippen LogP contribution in [0.4, 0.5) is 0 Å². The maximum absolute atomic E-state index is 8.52. The molecule has 0 spiro atoms. The molecule has 1 heteroatoms. The summed E-state index contributed by atoms with van der Waals surface area (Å²) in [6, 6.07) is 0. The van der Waals surface area contributed by atoms with Gasteiger partial charge in [0.2, 0.25) is 0 Å². The van der Waals surface area contributed by atoms with Crippen LogP contribution in [0.1, 0.15) is 59.3 Å².